The Morgan fingerprint density at radius 2 is 2.21 bits per heavy atom. The summed E-state index contributed by atoms with van der Waals surface area (Å²) >= 11 is 1.22. The van der Waals surface area contributed by atoms with Crippen LogP contribution in [-0.2, 0) is 4.74 Å². The zero-order valence-corrected chi connectivity index (χ0v) is 11.4. The first-order valence-electron chi connectivity index (χ1n) is 5.63. The molecule has 0 aromatic carbocycles. The Labute approximate surface area is 114 Å². The van der Waals surface area contributed by atoms with Crippen molar-refractivity contribution in [2.24, 2.45) is 0 Å². The van der Waals surface area contributed by atoms with Gasteiger partial charge in [0.05, 0.1) is 31.8 Å². The maximum Gasteiger partial charge on any atom is 0.349 e. The van der Waals surface area contributed by atoms with Crippen molar-refractivity contribution in [1.82, 2.24) is 9.97 Å². The van der Waals surface area contributed by atoms with E-state index in [-0.39, 0.29) is 0 Å². The fraction of sp³-hybridized carbons (Fsp3) is 0.250. The van der Waals surface area contributed by atoms with Crippen LogP contribution >= 0.6 is 11.3 Å². The monoisotopic (exact) mass is 279 g/mol. The lowest BCUT2D eigenvalue weighted by Crippen LogP contribution is -1.96. The van der Waals surface area contributed by atoms with E-state index in [9.17, 15) is 4.79 Å². The van der Waals surface area contributed by atoms with Crippen molar-refractivity contribution in [3.05, 3.63) is 29.4 Å². The van der Waals surface area contributed by atoms with Crippen molar-refractivity contribution >= 4 is 28.1 Å². The van der Waals surface area contributed by atoms with Gasteiger partial charge in [-0.25, -0.2) is 14.8 Å². The second-order valence-electron chi connectivity index (χ2n) is 3.46. The van der Waals surface area contributed by atoms with E-state index in [0.29, 0.717) is 22.5 Å². The number of nitrogens with one attached hydrogen (secondary N) is 1. The largest absolute Gasteiger partial charge is 0.478 e. The molecule has 7 heteroatoms. The van der Waals surface area contributed by atoms with E-state index in [2.05, 4.69) is 20.0 Å². The van der Waals surface area contributed by atoms with Gasteiger partial charge in [0.2, 0.25) is 5.88 Å². The molecular weight excluding hydrogens is 266 g/mol. The van der Waals surface area contributed by atoms with Gasteiger partial charge in [-0.3, -0.25) is 0 Å². The molecule has 2 aromatic heterocycles. The number of anilines is 2. The minimum Gasteiger partial charge on any atom is -0.478 e. The number of hydrogen-bond acceptors (Lipinski definition) is 7. The summed E-state index contributed by atoms with van der Waals surface area (Å²) in [6, 6.07) is 3.60. The molecule has 0 atom stereocenters. The topological polar surface area (TPSA) is 73.3 Å². The van der Waals surface area contributed by atoms with Gasteiger partial charge >= 0.3 is 5.97 Å². The summed E-state index contributed by atoms with van der Waals surface area (Å²) in [5.41, 5.74) is 0.772. The van der Waals surface area contributed by atoms with Crippen LogP contribution in [0.3, 0.4) is 0 Å². The lowest BCUT2D eigenvalue weighted by atomic mass is 10.4. The molecule has 0 saturated heterocycles. The maximum absolute atomic E-state index is 11.3. The summed E-state index contributed by atoms with van der Waals surface area (Å²) in [5.74, 6) is 0.179. The van der Waals surface area contributed by atoms with Crippen LogP contribution in [0.4, 0.5) is 10.8 Å². The van der Waals surface area contributed by atoms with Gasteiger partial charge in [-0.2, -0.15) is 0 Å². The molecule has 0 unspecified atom stereocenters. The molecule has 0 radical (unpaired) electrons. The summed E-state index contributed by atoms with van der Waals surface area (Å²) < 4.78 is 9.87. The molecule has 0 fully saturated rings. The fourth-order valence-corrected chi connectivity index (χ4v) is 2.09. The molecule has 0 amide bonds. The predicted molar refractivity (Wildman–Crippen MR) is 72.1 cm³/mol. The minimum absolute atomic E-state index is 0.393. The van der Waals surface area contributed by atoms with Gasteiger partial charge in [0.15, 0.2) is 5.13 Å². The molecule has 6 nitrogen and oxygen atoms in total. The van der Waals surface area contributed by atoms with Crippen molar-refractivity contribution in [2.75, 3.05) is 19.0 Å². The molecule has 2 heterocycles. The van der Waals surface area contributed by atoms with Gasteiger partial charge in [-0.1, -0.05) is 11.3 Å². The number of aromatic nitrogens is 2. The standard InChI is InChI=1S/C12H13N3O3S/c1-3-18-10-5-4-8(6-13-10)15-12-14-7-9(19-12)11(16)17-2/h4-7H,3H2,1-2H3,(H,14,15). The molecule has 0 bridgehead atoms. The molecule has 0 aliphatic carbocycles. The highest BCUT2D eigenvalue weighted by atomic mass is 32.1. The second-order valence-corrected chi connectivity index (χ2v) is 4.50. The number of nitrogens with zero attached hydrogens (tertiary/aromatic N) is 2. The van der Waals surface area contributed by atoms with Crippen LogP contribution in [0.25, 0.3) is 0 Å². The molecule has 0 aliphatic rings. The van der Waals surface area contributed by atoms with Gasteiger partial charge in [0.25, 0.3) is 0 Å². The minimum atomic E-state index is -0.393. The Hall–Kier alpha value is -2.15. The van der Waals surface area contributed by atoms with E-state index in [0.717, 1.165) is 5.69 Å². The van der Waals surface area contributed by atoms with Gasteiger partial charge in [-0.05, 0) is 13.0 Å². The number of carbonyl (C=O) groups is 1. The Balaban J connectivity index is 2.04. The van der Waals surface area contributed by atoms with Crippen LogP contribution in [-0.4, -0.2) is 29.7 Å². The molecular formula is C12H13N3O3S. The third-order valence-corrected chi connectivity index (χ3v) is 3.06. The molecule has 2 rings (SSSR count). The summed E-state index contributed by atoms with van der Waals surface area (Å²) in [5, 5.41) is 3.66. The quantitative estimate of drug-likeness (QED) is 0.848. The number of esters is 1. The van der Waals surface area contributed by atoms with E-state index in [1.165, 1.54) is 24.6 Å². The predicted octanol–water partition coefficient (Wildman–Crippen LogP) is 2.47. The highest BCUT2D eigenvalue weighted by Crippen LogP contribution is 2.23. The molecule has 19 heavy (non-hydrogen) atoms. The molecule has 1 N–H and O–H groups in total. The summed E-state index contributed by atoms with van der Waals surface area (Å²) in [7, 11) is 1.34. The molecule has 100 valence electrons. The number of thiazole rings is 1. The maximum atomic E-state index is 11.3. The van der Waals surface area contributed by atoms with E-state index in [1.54, 1.807) is 12.3 Å². The van der Waals surface area contributed by atoms with E-state index in [4.69, 9.17) is 4.74 Å². The number of hydrogen-bond donors (Lipinski definition) is 1. The Morgan fingerprint density at radius 1 is 1.37 bits per heavy atom. The van der Waals surface area contributed by atoms with E-state index < -0.39 is 5.97 Å². The third kappa shape index (κ3) is 3.41. The summed E-state index contributed by atoms with van der Waals surface area (Å²) in [6.07, 6.45) is 3.12. The van der Waals surface area contributed by atoms with Crippen LogP contribution in [0.15, 0.2) is 24.5 Å². The lowest BCUT2D eigenvalue weighted by molar-refractivity contribution is 0.0606. The number of pyridine rings is 1. The molecule has 0 spiro atoms. The van der Waals surface area contributed by atoms with Crippen molar-refractivity contribution in [3.8, 4) is 5.88 Å². The normalized spacial score (nSPS) is 10.0. The molecule has 2 aromatic rings. The highest BCUT2D eigenvalue weighted by molar-refractivity contribution is 7.17. The van der Waals surface area contributed by atoms with Crippen molar-refractivity contribution in [2.45, 2.75) is 6.92 Å². The number of methoxy groups -OCH3 is 1. The Kier molecular flexibility index (Phi) is 4.30. The smallest absolute Gasteiger partial charge is 0.349 e. The average molecular weight is 279 g/mol. The summed E-state index contributed by atoms with van der Waals surface area (Å²) in [6.45, 7) is 2.48. The lowest BCUT2D eigenvalue weighted by Gasteiger charge is -2.04. The van der Waals surface area contributed by atoms with Crippen molar-refractivity contribution in [1.29, 1.82) is 0 Å². The van der Waals surface area contributed by atoms with Gasteiger partial charge in [0, 0.05) is 6.07 Å². The number of ether oxygens (including phenoxy) is 2. The van der Waals surface area contributed by atoms with Gasteiger partial charge in [-0.15, -0.1) is 0 Å². The highest BCUT2D eigenvalue weighted by Gasteiger charge is 2.10. The van der Waals surface area contributed by atoms with Crippen molar-refractivity contribution in [3.63, 3.8) is 0 Å². The van der Waals surface area contributed by atoms with Crippen molar-refractivity contribution < 1.29 is 14.3 Å². The zero-order valence-electron chi connectivity index (χ0n) is 10.5. The molecule has 0 aliphatic heterocycles. The third-order valence-electron chi connectivity index (χ3n) is 2.17. The van der Waals surface area contributed by atoms with Crippen LogP contribution in [0.5, 0.6) is 5.88 Å². The van der Waals surface area contributed by atoms with E-state index in [1.807, 2.05) is 13.0 Å². The SMILES string of the molecule is CCOc1ccc(Nc2ncc(C(=O)OC)s2)cn1. The van der Waals surface area contributed by atoms with Gasteiger partial charge < -0.3 is 14.8 Å². The first-order chi connectivity index (χ1) is 9.22. The summed E-state index contributed by atoms with van der Waals surface area (Å²) in [4.78, 5) is 19.9. The first-order valence-corrected chi connectivity index (χ1v) is 6.44. The first kappa shape index (κ1) is 13.3. The number of rotatable bonds is 5. The number of carbonyl (C=O) groups excluding carboxylic acids is 1. The molecule has 0 saturated carbocycles. The Morgan fingerprint density at radius 3 is 2.84 bits per heavy atom. The Bertz CT molecular complexity index is 554. The van der Waals surface area contributed by atoms with Crippen LogP contribution in [0.1, 0.15) is 16.6 Å². The fourth-order valence-electron chi connectivity index (χ4n) is 1.34. The van der Waals surface area contributed by atoms with Crippen LogP contribution < -0.4 is 10.1 Å². The van der Waals surface area contributed by atoms with Crippen LogP contribution in [0.2, 0.25) is 0 Å². The second kappa shape index (κ2) is 6.14. The van der Waals surface area contributed by atoms with E-state index >= 15 is 0 Å². The average Bonchev–Trinajstić information content (AvgIpc) is 2.89. The van der Waals surface area contributed by atoms with Crippen LogP contribution in [0, 0.1) is 0 Å². The van der Waals surface area contributed by atoms with Gasteiger partial charge in [0.1, 0.15) is 4.88 Å². The zero-order chi connectivity index (χ0) is 13.7.